The molecule has 2 nitrogen and oxygen atoms in total. The summed E-state index contributed by atoms with van der Waals surface area (Å²) in [5, 5.41) is 2.67. The zero-order valence-electron chi connectivity index (χ0n) is 9.10. The standard InChI is InChI=1S/C11H13BFNO/c1-7(15)14-11(2,3)8-5-4-6-9(12)10(8)13/h4-6H,1-3H3,(H,14,15). The van der Waals surface area contributed by atoms with Crippen molar-refractivity contribution in [3.05, 3.63) is 29.6 Å². The van der Waals surface area contributed by atoms with Crippen LogP contribution in [0.3, 0.4) is 0 Å². The zero-order chi connectivity index (χ0) is 11.6. The second-order valence-corrected chi connectivity index (χ2v) is 4.01. The van der Waals surface area contributed by atoms with E-state index < -0.39 is 11.4 Å². The van der Waals surface area contributed by atoms with E-state index in [-0.39, 0.29) is 11.4 Å². The van der Waals surface area contributed by atoms with Crippen molar-refractivity contribution < 1.29 is 9.18 Å². The molecule has 0 saturated heterocycles. The van der Waals surface area contributed by atoms with E-state index >= 15 is 0 Å². The molecule has 0 spiro atoms. The molecule has 1 N–H and O–H groups in total. The minimum atomic E-state index is -0.759. The molecular weight excluding hydrogens is 192 g/mol. The summed E-state index contributed by atoms with van der Waals surface area (Å²) in [6.07, 6.45) is 0. The van der Waals surface area contributed by atoms with Crippen LogP contribution in [0.2, 0.25) is 0 Å². The van der Waals surface area contributed by atoms with E-state index in [1.54, 1.807) is 26.0 Å². The first-order chi connectivity index (χ1) is 6.84. The first kappa shape index (κ1) is 11.8. The molecule has 1 aromatic rings. The molecule has 0 atom stereocenters. The monoisotopic (exact) mass is 205 g/mol. The zero-order valence-corrected chi connectivity index (χ0v) is 9.10. The summed E-state index contributed by atoms with van der Waals surface area (Å²) < 4.78 is 13.7. The lowest BCUT2D eigenvalue weighted by atomic mass is 9.86. The van der Waals surface area contributed by atoms with E-state index in [2.05, 4.69) is 5.32 Å². The highest BCUT2D eigenvalue weighted by atomic mass is 19.1. The van der Waals surface area contributed by atoms with E-state index in [1.807, 2.05) is 0 Å². The van der Waals surface area contributed by atoms with Crippen LogP contribution >= 0.6 is 0 Å². The number of hydrogen-bond acceptors (Lipinski definition) is 1. The Morgan fingerprint density at radius 1 is 1.47 bits per heavy atom. The van der Waals surface area contributed by atoms with Gasteiger partial charge >= 0.3 is 0 Å². The van der Waals surface area contributed by atoms with Crippen LogP contribution in [0.1, 0.15) is 26.3 Å². The van der Waals surface area contributed by atoms with Gasteiger partial charge in [0.1, 0.15) is 13.7 Å². The van der Waals surface area contributed by atoms with Crippen LogP contribution in [-0.2, 0) is 10.3 Å². The number of carbonyl (C=O) groups excluding carboxylic acids is 1. The van der Waals surface area contributed by atoms with Crippen molar-refractivity contribution in [3.63, 3.8) is 0 Å². The Bertz CT molecular complexity index is 390. The molecule has 15 heavy (non-hydrogen) atoms. The number of benzene rings is 1. The van der Waals surface area contributed by atoms with Gasteiger partial charge in [0.05, 0.1) is 5.54 Å². The number of amides is 1. The SMILES string of the molecule is [B]c1cccc(C(C)(C)NC(C)=O)c1F. The third-order valence-electron chi connectivity index (χ3n) is 2.19. The summed E-state index contributed by atoms with van der Waals surface area (Å²) in [7, 11) is 5.46. The molecule has 2 radical (unpaired) electrons. The summed E-state index contributed by atoms with van der Waals surface area (Å²) in [5.41, 5.74) is -0.283. The summed E-state index contributed by atoms with van der Waals surface area (Å²) >= 11 is 0. The number of halogens is 1. The van der Waals surface area contributed by atoms with Gasteiger partial charge in [-0.25, -0.2) is 4.39 Å². The summed E-state index contributed by atoms with van der Waals surface area (Å²) in [6, 6.07) is 4.77. The van der Waals surface area contributed by atoms with Gasteiger partial charge in [-0.3, -0.25) is 4.79 Å². The largest absolute Gasteiger partial charge is 0.347 e. The maximum Gasteiger partial charge on any atom is 0.217 e. The topological polar surface area (TPSA) is 29.1 Å². The van der Waals surface area contributed by atoms with Gasteiger partial charge in [-0.15, -0.1) is 0 Å². The van der Waals surface area contributed by atoms with Crippen LogP contribution in [0, 0.1) is 5.82 Å². The van der Waals surface area contributed by atoms with Crippen LogP contribution in [0.15, 0.2) is 18.2 Å². The van der Waals surface area contributed by atoms with Gasteiger partial charge in [0, 0.05) is 12.5 Å². The van der Waals surface area contributed by atoms with Gasteiger partial charge < -0.3 is 5.32 Å². The second-order valence-electron chi connectivity index (χ2n) is 4.01. The van der Waals surface area contributed by atoms with Gasteiger partial charge in [0.2, 0.25) is 5.91 Å². The third kappa shape index (κ3) is 2.58. The number of hydrogen-bond donors (Lipinski definition) is 1. The maximum absolute atomic E-state index is 13.7. The molecule has 1 amide bonds. The Kier molecular flexibility index (Phi) is 3.17. The second kappa shape index (κ2) is 4.05. The summed E-state index contributed by atoms with van der Waals surface area (Å²) in [6.45, 7) is 4.85. The first-order valence-electron chi connectivity index (χ1n) is 4.68. The van der Waals surface area contributed by atoms with Gasteiger partial charge in [-0.05, 0) is 13.8 Å². The van der Waals surface area contributed by atoms with Crippen molar-refractivity contribution in [2.75, 3.05) is 0 Å². The fourth-order valence-corrected chi connectivity index (χ4v) is 1.54. The molecule has 0 bridgehead atoms. The molecule has 1 aromatic carbocycles. The summed E-state index contributed by atoms with van der Waals surface area (Å²) in [4.78, 5) is 11.0. The average Bonchev–Trinajstić information content (AvgIpc) is 2.07. The summed E-state index contributed by atoms with van der Waals surface area (Å²) in [5.74, 6) is -0.682. The fraction of sp³-hybridized carbons (Fsp3) is 0.364. The van der Waals surface area contributed by atoms with E-state index in [1.165, 1.54) is 13.0 Å². The molecule has 0 fully saturated rings. The average molecular weight is 205 g/mol. The normalized spacial score (nSPS) is 11.2. The lowest BCUT2D eigenvalue weighted by molar-refractivity contribution is -0.120. The van der Waals surface area contributed by atoms with Gasteiger partial charge in [-0.1, -0.05) is 23.7 Å². The van der Waals surface area contributed by atoms with Crippen molar-refractivity contribution in [2.45, 2.75) is 26.3 Å². The highest BCUT2D eigenvalue weighted by Gasteiger charge is 2.25. The van der Waals surface area contributed by atoms with E-state index in [0.29, 0.717) is 5.56 Å². The van der Waals surface area contributed by atoms with Crippen LogP contribution in [-0.4, -0.2) is 13.8 Å². The molecule has 0 aliphatic carbocycles. The van der Waals surface area contributed by atoms with Crippen molar-refractivity contribution in [1.82, 2.24) is 5.32 Å². The van der Waals surface area contributed by atoms with Crippen molar-refractivity contribution in [1.29, 1.82) is 0 Å². The van der Waals surface area contributed by atoms with Crippen molar-refractivity contribution in [2.24, 2.45) is 0 Å². The number of carbonyl (C=O) groups is 1. The quantitative estimate of drug-likeness (QED) is 0.716. The third-order valence-corrected chi connectivity index (χ3v) is 2.19. The van der Waals surface area contributed by atoms with Crippen LogP contribution in [0.4, 0.5) is 4.39 Å². The molecular formula is C11H13BFNO. The minimum Gasteiger partial charge on any atom is -0.347 e. The van der Waals surface area contributed by atoms with Crippen molar-refractivity contribution >= 4 is 19.2 Å². The highest BCUT2D eigenvalue weighted by Crippen LogP contribution is 2.21. The highest BCUT2D eigenvalue weighted by molar-refractivity contribution is 6.32. The molecule has 0 aromatic heterocycles. The molecule has 0 unspecified atom stereocenters. The Morgan fingerprint density at radius 2 is 2.07 bits per heavy atom. The smallest absolute Gasteiger partial charge is 0.217 e. The minimum absolute atomic E-state index is 0.0888. The molecule has 0 aliphatic rings. The number of rotatable bonds is 2. The fourth-order valence-electron chi connectivity index (χ4n) is 1.54. The molecule has 1 rings (SSSR count). The Hall–Kier alpha value is -1.32. The first-order valence-corrected chi connectivity index (χ1v) is 4.68. The van der Waals surface area contributed by atoms with Gasteiger partial charge in [-0.2, -0.15) is 0 Å². The van der Waals surface area contributed by atoms with Gasteiger partial charge in [0.25, 0.3) is 0 Å². The van der Waals surface area contributed by atoms with Gasteiger partial charge in [0.15, 0.2) is 0 Å². The Morgan fingerprint density at radius 3 is 2.60 bits per heavy atom. The van der Waals surface area contributed by atoms with E-state index in [0.717, 1.165) is 0 Å². The van der Waals surface area contributed by atoms with Crippen LogP contribution < -0.4 is 10.8 Å². The molecule has 0 saturated carbocycles. The molecule has 0 aliphatic heterocycles. The van der Waals surface area contributed by atoms with Crippen molar-refractivity contribution in [3.8, 4) is 0 Å². The Balaban J connectivity index is 3.14. The molecule has 4 heteroatoms. The Labute approximate surface area is 90.3 Å². The maximum atomic E-state index is 13.7. The predicted molar refractivity (Wildman–Crippen MR) is 58.6 cm³/mol. The van der Waals surface area contributed by atoms with E-state index in [9.17, 15) is 9.18 Å². The lowest BCUT2D eigenvalue weighted by Gasteiger charge is -2.27. The number of nitrogens with one attached hydrogen (secondary N) is 1. The molecule has 78 valence electrons. The van der Waals surface area contributed by atoms with Crippen LogP contribution in [0.5, 0.6) is 0 Å². The predicted octanol–water partition coefficient (Wildman–Crippen LogP) is 0.991. The molecule has 0 heterocycles. The van der Waals surface area contributed by atoms with Crippen LogP contribution in [0.25, 0.3) is 0 Å². The van der Waals surface area contributed by atoms with E-state index in [4.69, 9.17) is 7.85 Å². The lowest BCUT2D eigenvalue weighted by Crippen LogP contribution is -2.41.